The highest BCUT2D eigenvalue weighted by atomic mass is 32.1. The van der Waals surface area contributed by atoms with Gasteiger partial charge >= 0.3 is 5.97 Å². The molecule has 0 unspecified atom stereocenters. The van der Waals surface area contributed by atoms with E-state index in [1.165, 1.54) is 11.5 Å². The number of hydrogen-bond donors (Lipinski definition) is 1. The van der Waals surface area contributed by atoms with Crippen LogP contribution in [0.2, 0.25) is 0 Å². The van der Waals surface area contributed by atoms with Crippen LogP contribution < -0.4 is 0 Å². The van der Waals surface area contributed by atoms with E-state index in [4.69, 9.17) is 0 Å². The van der Waals surface area contributed by atoms with Gasteiger partial charge in [-0.3, -0.25) is 4.79 Å². The van der Waals surface area contributed by atoms with Crippen LogP contribution in [-0.4, -0.2) is 20.7 Å². The van der Waals surface area contributed by atoms with Gasteiger partial charge in [-0.1, -0.05) is 29.8 Å². The third-order valence-electron chi connectivity index (χ3n) is 3.92. The van der Waals surface area contributed by atoms with Crippen molar-refractivity contribution in [1.29, 1.82) is 0 Å². The van der Waals surface area contributed by atoms with Crippen LogP contribution in [0, 0.1) is 0 Å². The number of nitrogens with zero attached hydrogens (tertiary/aromatic N) is 2. The molecular formula is C13H14N2O2S. The molecule has 1 saturated carbocycles. The maximum atomic E-state index is 11.7. The summed E-state index contributed by atoms with van der Waals surface area (Å²) in [5, 5.41) is 13.6. The van der Waals surface area contributed by atoms with Crippen molar-refractivity contribution < 1.29 is 9.90 Å². The molecule has 1 heterocycles. The highest BCUT2D eigenvalue weighted by molar-refractivity contribution is 7.12. The van der Waals surface area contributed by atoms with Crippen molar-refractivity contribution in [3.8, 4) is 0 Å². The minimum absolute atomic E-state index is 0.695. The Labute approximate surface area is 109 Å². The van der Waals surface area contributed by atoms with Crippen molar-refractivity contribution in [2.75, 3.05) is 0 Å². The lowest BCUT2D eigenvalue weighted by Crippen LogP contribution is -2.37. The molecule has 0 radical (unpaired) electrons. The summed E-state index contributed by atoms with van der Waals surface area (Å²) in [6.07, 6.45) is 4.59. The van der Waals surface area contributed by atoms with Crippen molar-refractivity contribution in [3.05, 3.63) is 23.8 Å². The summed E-state index contributed by atoms with van der Waals surface area (Å²) in [4.78, 5) is 11.7. The molecule has 18 heavy (non-hydrogen) atoms. The summed E-state index contributed by atoms with van der Waals surface area (Å²) < 4.78 is 4.87. The van der Waals surface area contributed by atoms with E-state index in [-0.39, 0.29) is 0 Å². The second kappa shape index (κ2) is 4.31. The van der Waals surface area contributed by atoms with Crippen LogP contribution in [0.15, 0.2) is 18.2 Å². The second-order valence-corrected chi connectivity index (χ2v) is 5.69. The third-order valence-corrected chi connectivity index (χ3v) is 4.60. The molecule has 3 rings (SSSR count). The molecule has 2 aromatic rings. The number of aliphatic carboxylic acids is 1. The van der Waals surface area contributed by atoms with Gasteiger partial charge in [-0.05, 0) is 42.1 Å². The number of carbonyl (C=O) groups is 1. The van der Waals surface area contributed by atoms with Crippen molar-refractivity contribution in [3.63, 3.8) is 0 Å². The summed E-state index contributed by atoms with van der Waals surface area (Å²) in [5.41, 5.74) is 1.06. The topological polar surface area (TPSA) is 63.1 Å². The standard InChI is InChI=1S/C13H14N2O2S/c16-12(17)13(6-2-1-3-7-13)9-4-5-10-11(8-9)18-15-14-10/h4-5,8H,1-3,6-7H2,(H,16,17). The van der Waals surface area contributed by atoms with Crippen LogP contribution in [-0.2, 0) is 10.2 Å². The van der Waals surface area contributed by atoms with Gasteiger partial charge in [0.2, 0.25) is 0 Å². The Morgan fingerprint density at radius 3 is 2.78 bits per heavy atom. The normalized spacial score (nSPS) is 18.9. The van der Waals surface area contributed by atoms with Crippen LogP contribution in [0.1, 0.15) is 37.7 Å². The zero-order valence-electron chi connectivity index (χ0n) is 9.93. The van der Waals surface area contributed by atoms with E-state index in [0.29, 0.717) is 0 Å². The van der Waals surface area contributed by atoms with Gasteiger partial charge in [0.05, 0.1) is 10.1 Å². The van der Waals surface area contributed by atoms with Gasteiger partial charge in [0, 0.05) is 0 Å². The zero-order chi connectivity index (χ0) is 12.6. The number of carboxylic acids is 1. The number of benzene rings is 1. The third kappa shape index (κ3) is 1.70. The Morgan fingerprint density at radius 1 is 1.28 bits per heavy atom. The Balaban J connectivity index is 2.11. The summed E-state index contributed by atoms with van der Waals surface area (Å²) in [7, 11) is 0. The van der Waals surface area contributed by atoms with Crippen LogP contribution >= 0.6 is 11.5 Å². The van der Waals surface area contributed by atoms with Crippen molar-refractivity contribution in [2.45, 2.75) is 37.5 Å². The van der Waals surface area contributed by atoms with E-state index in [1.807, 2.05) is 18.2 Å². The summed E-state index contributed by atoms with van der Waals surface area (Å²) in [6, 6.07) is 5.75. The van der Waals surface area contributed by atoms with E-state index in [2.05, 4.69) is 9.59 Å². The second-order valence-electron chi connectivity index (χ2n) is 4.90. The molecule has 4 nitrogen and oxygen atoms in total. The Morgan fingerprint density at radius 2 is 2.06 bits per heavy atom. The average Bonchev–Trinajstić information content (AvgIpc) is 2.86. The molecular weight excluding hydrogens is 248 g/mol. The maximum absolute atomic E-state index is 11.7. The van der Waals surface area contributed by atoms with Gasteiger partial charge in [-0.15, -0.1) is 5.10 Å². The molecule has 0 spiro atoms. The molecule has 0 amide bonds. The molecule has 0 bridgehead atoms. The zero-order valence-corrected chi connectivity index (χ0v) is 10.7. The molecule has 1 aliphatic rings. The molecule has 1 N–H and O–H groups in total. The van der Waals surface area contributed by atoms with Crippen LogP contribution in [0.4, 0.5) is 0 Å². The first-order valence-corrected chi connectivity index (χ1v) is 6.96. The fourth-order valence-electron chi connectivity index (χ4n) is 2.86. The fraction of sp³-hybridized carbons (Fsp3) is 0.462. The summed E-state index contributed by atoms with van der Waals surface area (Å²) in [5.74, 6) is -0.695. The Bertz CT molecular complexity index is 587. The molecule has 1 fully saturated rings. The number of hydrogen-bond acceptors (Lipinski definition) is 4. The Hall–Kier alpha value is -1.49. The highest BCUT2D eigenvalue weighted by Crippen LogP contribution is 2.40. The fourth-order valence-corrected chi connectivity index (χ4v) is 3.46. The first-order chi connectivity index (χ1) is 8.72. The van der Waals surface area contributed by atoms with Crippen LogP contribution in [0.3, 0.4) is 0 Å². The molecule has 0 aliphatic heterocycles. The van der Waals surface area contributed by atoms with E-state index in [0.717, 1.165) is 47.9 Å². The Kier molecular flexibility index (Phi) is 2.78. The predicted octanol–water partition coefficient (Wildman–Crippen LogP) is 2.98. The van der Waals surface area contributed by atoms with Crippen molar-refractivity contribution in [1.82, 2.24) is 9.59 Å². The predicted molar refractivity (Wildman–Crippen MR) is 69.8 cm³/mol. The quantitative estimate of drug-likeness (QED) is 0.903. The van der Waals surface area contributed by atoms with E-state index in [1.54, 1.807) is 0 Å². The van der Waals surface area contributed by atoms with Gasteiger partial charge < -0.3 is 5.11 Å². The monoisotopic (exact) mass is 262 g/mol. The van der Waals surface area contributed by atoms with Crippen LogP contribution in [0.25, 0.3) is 10.2 Å². The summed E-state index contributed by atoms with van der Waals surface area (Å²) >= 11 is 1.32. The lowest BCUT2D eigenvalue weighted by Gasteiger charge is -2.33. The van der Waals surface area contributed by atoms with Gasteiger partial charge in [-0.2, -0.15) is 0 Å². The minimum Gasteiger partial charge on any atom is -0.481 e. The smallest absolute Gasteiger partial charge is 0.314 e. The van der Waals surface area contributed by atoms with Gasteiger partial charge in [0.15, 0.2) is 0 Å². The number of aromatic nitrogens is 2. The van der Waals surface area contributed by atoms with Crippen molar-refractivity contribution in [2.24, 2.45) is 0 Å². The summed E-state index contributed by atoms with van der Waals surface area (Å²) in [6.45, 7) is 0. The lowest BCUT2D eigenvalue weighted by molar-refractivity contribution is -0.145. The molecule has 0 atom stereocenters. The van der Waals surface area contributed by atoms with Gasteiger partial charge in [0.1, 0.15) is 5.52 Å². The molecule has 1 aliphatic carbocycles. The van der Waals surface area contributed by atoms with E-state index >= 15 is 0 Å². The van der Waals surface area contributed by atoms with Crippen molar-refractivity contribution >= 4 is 27.7 Å². The van der Waals surface area contributed by atoms with E-state index in [9.17, 15) is 9.90 Å². The minimum atomic E-state index is -0.698. The van der Waals surface area contributed by atoms with E-state index < -0.39 is 11.4 Å². The molecule has 94 valence electrons. The molecule has 0 saturated heterocycles. The van der Waals surface area contributed by atoms with Gasteiger partial charge in [-0.25, -0.2) is 0 Å². The molecule has 1 aromatic heterocycles. The molecule has 1 aromatic carbocycles. The number of fused-ring (bicyclic) bond motifs is 1. The first-order valence-electron chi connectivity index (χ1n) is 6.18. The average molecular weight is 262 g/mol. The molecule has 5 heteroatoms. The maximum Gasteiger partial charge on any atom is 0.314 e. The van der Waals surface area contributed by atoms with Gasteiger partial charge in [0.25, 0.3) is 0 Å². The first kappa shape index (κ1) is 11.6. The number of rotatable bonds is 2. The number of carboxylic acid groups (broad SMARTS) is 1. The van der Waals surface area contributed by atoms with Crippen LogP contribution in [0.5, 0.6) is 0 Å². The lowest BCUT2D eigenvalue weighted by atomic mass is 9.69. The SMILES string of the molecule is O=C(O)C1(c2ccc3nnsc3c2)CCCCC1. The highest BCUT2D eigenvalue weighted by Gasteiger charge is 2.41. The largest absolute Gasteiger partial charge is 0.481 e.